The van der Waals surface area contributed by atoms with Crippen molar-refractivity contribution in [1.29, 1.82) is 0 Å². The van der Waals surface area contributed by atoms with Gasteiger partial charge in [-0.1, -0.05) is 24.3 Å². The number of hydrogen-bond donors (Lipinski definition) is 0. The Morgan fingerprint density at radius 1 is 1.30 bits per heavy atom. The third kappa shape index (κ3) is 1.66. The van der Waals surface area contributed by atoms with E-state index < -0.39 is 0 Å². The Bertz CT molecular complexity index is 565. The Labute approximate surface area is 118 Å². The Balaban J connectivity index is 1.53. The van der Waals surface area contributed by atoms with Crippen LogP contribution in [0.1, 0.15) is 30.1 Å². The van der Waals surface area contributed by atoms with Crippen LogP contribution in [0.4, 0.5) is 0 Å². The number of hydrogen-bond acceptors (Lipinski definition) is 3. The van der Waals surface area contributed by atoms with Crippen LogP contribution in [0.15, 0.2) is 42.5 Å². The maximum atomic E-state index is 12.2. The first kappa shape index (κ1) is 12.2. The molecule has 2 saturated heterocycles. The molecule has 3 nitrogen and oxygen atoms in total. The molecule has 1 aromatic rings. The van der Waals surface area contributed by atoms with Gasteiger partial charge >= 0.3 is 5.97 Å². The van der Waals surface area contributed by atoms with Gasteiger partial charge in [0.1, 0.15) is 6.10 Å². The van der Waals surface area contributed by atoms with Gasteiger partial charge in [-0.3, -0.25) is 0 Å². The van der Waals surface area contributed by atoms with Gasteiger partial charge in [-0.15, -0.1) is 0 Å². The number of esters is 1. The Morgan fingerprint density at radius 2 is 2.10 bits per heavy atom. The highest BCUT2D eigenvalue weighted by atomic mass is 16.6. The average molecular weight is 270 g/mol. The molecular formula is C17H18O3. The van der Waals surface area contributed by atoms with Gasteiger partial charge in [-0.2, -0.15) is 0 Å². The van der Waals surface area contributed by atoms with Crippen LogP contribution in [0.25, 0.3) is 0 Å². The maximum Gasteiger partial charge on any atom is 0.338 e. The van der Waals surface area contributed by atoms with E-state index in [0.717, 1.165) is 12.8 Å². The van der Waals surface area contributed by atoms with E-state index in [-0.39, 0.29) is 23.6 Å². The van der Waals surface area contributed by atoms with Crippen LogP contribution in [0.5, 0.6) is 0 Å². The zero-order valence-corrected chi connectivity index (χ0v) is 11.5. The Hall–Kier alpha value is -1.61. The van der Waals surface area contributed by atoms with Crippen LogP contribution >= 0.6 is 0 Å². The molecule has 0 N–H and O–H groups in total. The normalized spacial score (nSPS) is 40.9. The van der Waals surface area contributed by atoms with Crippen LogP contribution in [0.2, 0.25) is 0 Å². The summed E-state index contributed by atoms with van der Waals surface area (Å²) >= 11 is 0. The lowest BCUT2D eigenvalue weighted by molar-refractivity contribution is -0.0291. The lowest BCUT2D eigenvalue weighted by atomic mass is 9.73. The van der Waals surface area contributed by atoms with Crippen LogP contribution in [-0.2, 0) is 9.47 Å². The SMILES string of the molecule is C[C@]12CC[C@@H](O1)[C@H]1C=C[C@H](OC(=O)c3ccccc3)[C@H]12. The predicted molar refractivity (Wildman–Crippen MR) is 74.3 cm³/mol. The molecule has 1 aromatic carbocycles. The lowest BCUT2D eigenvalue weighted by Crippen LogP contribution is -2.40. The van der Waals surface area contributed by atoms with Gasteiger partial charge in [0.15, 0.2) is 0 Å². The predicted octanol–water partition coefficient (Wildman–Crippen LogP) is 2.97. The molecule has 2 bridgehead atoms. The summed E-state index contributed by atoms with van der Waals surface area (Å²) in [5, 5.41) is 0. The highest BCUT2D eigenvalue weighted by Crippen LogP contribution is 2.55. The molecule has 4 rings (SSSR count). The number of ether oxygens (including phenoxy) is 2. The number of carbonyl (C=O) groups is 1. The lowest BCUT2D eigenvalue weighted by Gasteiger charge is -2.33. The molecule has 2 heterocycles. The molecule has 20 heavy (non-hydrogen) atoms. The second-order valence-electron chi connectivity index (χ2n) is 6.23. The summed E-state index contributed by atoms with van der Waals surface area (Å²) in [7, 11) is 0. The summed E-state index contributed by atoms with van der Waals surface area (Å²) in [4.78, 5) is 12.2. The van der Waals surface area contributed by atoms with Crippen molar-refractivity contribution in [2.24, 2.45) is 11.8 Å². The summed E-state index contributed by atoms with van der Waals surface area (Å²) in [5.41, 5.74) is 0.485. The molecule has 2 aliphatic heterocycles. The van der Waals surface area contributed by atoms with Crippen molar-refractivity contribution in [3.8, 4) is 0 Å². The molecule has 104 valence electrons. The zero-order valence-electron chi connectivity index (χ0n) is 11.5. The van der Waals surface area contributed by atoms with Crippen molar-refractivity contribution in [2.75, 3.05) is 0 Å². The summed E-state index contributed by atoms with van der Waals surface area (Å²) in [6, 6.07) is 9.18. The van der Waals surface area contributed by atoms with E-state index in [9.17, 15) is 4.79 Å². The second kappa shape index (κ2) is 4.19. The summed E-state index contributed by atoms with van der Waals surface area (Å²) in [5.74, 6) is 0.462. The minimum absolute atomic E-state index is 0.125. The molecule has 2 fully saturated rings. The number of benzene rings is 1. The second-order valence-corrected chi connectivity index (χ2v) is 6.23. The fraction of sp³-hybridized carbons (Fsp3) is 0.471. The third-order valence-corrected chi connectivity index (χ3v) is 5.02. The molecule has 0 saturated carbocycles. The largest absolute Gasteiger partial charge is 0.454 e. The van der Waals surface area contributed by atoms with Crippen molar-refractivity contribution in [3.63, 3.8) is 0 Å². The van der Waals surface area contributed by atoms with Gasteiger partial charge in [0.05, 0.1) is 17.3 Å². The molecule has 3 heteroatoms. The van der Waals surface area contributed by atoms with E-state index in [1.807, 2.05) is 18.2 Å². The average Bonchev–Trinajstić information content (AvgIpc) is 3.11. The maximum absolute atomic E-state index is 12.2. The van der Waals surface area contributed by atoms with Crippen molar-refractivity contribution in [1.82, 2.24) is 0 Å². The monoisotopic (exact) mass is 270 g/mol. The van der Waals surface area contributed by atoms with E-state index in [1.54, 1.807) is 12.1 Å². The van der Waals surface area contributed by atoms with Crippen molar-refractivity contribution in [2.45, 2.75) is 37.6 Å². The van der Waals surface area contributed by atoms with Gasteiger partial charge in [-0.25, -0.2) is 4.79 Å². The minimum atomic E-state index is -0.243. The summed E-state index contributed by atoms with van der Waals surface area (Å²) in [6.45, 7) is 2.16. The molecule has 0 unspecified atom stereocenters. The molecule has 0 radical (unpaired) electrons. The number of rotatable bonds is 2. The van der Waals surface area contributed by atoms with Crippen LogP contribution in [-0.4, -0.2) is 23.8 Å². The smallest absolute Gasteiger partial charge is 0.338 e. The van der Waals surface area contributed by atoms with Gasteiger partial charge in [0, 0.05) is 11.8 Å². The molecule has 5 atom stereocenters. The van der Waals surface area contributed by atoms with Crippen LogP contribution in [0.3, 0.4) is 0 Å². The van der Waals surface area contributed by atoms with Crippen LogP contribution in [0, 0.1) is 11.8 Å². The van der Waals surface area contributed by atoms with E-state index in [4.69, 9.17) is 9.47 Å². The van der Waals surface area contributed by atoms with E-state index in [1.165, 1.54) is 0 Å². The van der Waals surface area contributed by atoms with E-state index in [2.05, 4.69) is 19.1 Å². The Kier molecular flexibility index (Phi) is 2.55. The molecule has 0 amide bonds. The van der Waals surface area contributed by atoms with Crippen molar-refractivity contribution >= 4 is 5.97 Å². The molecule has 3 aliphatic rings. The van der Waals surface area contributed by atoms with Crippen LogP contribution < -0.4 is 0 Å². The standard InChI is InChI=1S/C17H18O3/c1-17-10-9-13(20-17)12-7-8-14(15(12)17)19-16(18)11-5-3-2-4-6-11/h2-8,12-15H,9-10H2,1H3/t12-,13-,14+,15+,17-/m1/s1. The highest BCUT2D eigenvalue weighted by Gasteiger charge is 2.60. The Morgan fingerprint density at radius 3 is 2.90 bits per heavy atom. The molecule has 0 aromatic heterocycles. The molecular weight excluding hydrogens is 252 g/mol. The van der Waals surface area contributed by atoms with Crippen molar-refractivity contribution in [3.05, 3.63) is 48.0 Å². The third-order valence-electron chi connectivity index (χ3n) is 5.02. The summed E-state index contributed by atoms with van der Waals surface area (Å²) < 4.78 is 11.8. The first-order valence-corrected chi connectivity index (χ1v) is 7.29. The molecule has 1 aliphatic carbocycles. The summed E-state index contributed by atoms with van der Waals surface area (Å²) in [6.07, 6.45) is 6.60. The number of fused-ring (bicyclic) bond motifs is 5. The highest BCUT2D eigenvalue weighted by molar-refractivity contribution is 5.89. The first-order valence-electron chi connectivity index (χ1n) is 7.29. The minimum Gasteiger partial charge on any atom is -0.454 e. The van der Waals surface area contributed by atoms with E-state index in [0.29, 0.717) is 17.6 Å². The zero-order chi connectivity index (χ0) is 13.7. The fourth-order valence-corrected chi connectivity index (χ4v) is 4.09. The van der Waals surface area contributed by atoms with E-state index >= 15 is 0 Å². The van der Waals surface area contributed by atoms with Gasteiger partial charge in [-0.05, 0) is 38.0 Å². The van der Waals surface area contributed by atoms with Crippen molar-refractivity contribution < 1.29 is 14.3 Å². The van der Waals surface area contributed by atoms with Gasteiger partial charge in [0.25, 0.3) is 0 Å². The quantitative estimate of drug-likeness (QED) is 0.612. The van der Waals surface area contributed by atoms with Gasteiger partial charge < -0.3 is 9.47 Å². The van der Waals surface area contributed by atoms with Gasteiger partial charge in [0.2, 0.25) is 0 Å². The first-order chi connectivity index (χ1) is 9.67. The number of carbonyl (C=O) groups excluding carboxylic acids is 1. The fourth-order valence-electron chi connectivity index (χ4n) is 4.09. The molecule has 0 spiro atoms. The topological polar surface area (TPSA) is 35.5 Å².